The summed E-state index contributed by atoms with van der Waals surface area (Å²) in [6.07, 6.45) is 9.80. The molecule has 5 aromatic heterocycles. The molecular weight excluding hydrogens is 1480 g/mol. The van der Waals surface area contributed by atoms with Crippen molar-refractivity contribution in [3.05, 3.63) is 140 Å². The lowest BCUT2D eigenvalue weighted by Gasteiger charge is -2.50. The van der Waals surface area contributed by atoms with Crippen molar-refractivity contribution in [2.75, 3.05) is 25.4 Å². The quantitative estimate of drug-likeness (QED) is 0.0816. The molecule has 4 N–H and O–H groups in total. The maximum atomic E-state index is 15.8. The molecule has 592 valence electrons. The highest BCUT2D eigenvalue weighted by Crippen LogP contribution is 2.62. The van der Waals surface area contributed by atoms with Gasteiger partial charge in [0.1, 0.15) is 102 Å². The molecule has 3 saturated carbocycles. The Morgan fingerprint density at radius 1 is 0.495 bits per heavy atom. The second kappa shape index (κ2) is 27.8. The highest BCUT2D eigenvalue weighted by atomic mass is 32.2. The highest BCUT2D eigenvalue weighted by Gasteiger charge is 2.66. The Morgan fingerprint density at radius 3 is 1.14 bits per heavy atom. The van der Waals surface area contributed by atoms with E-state index in [9.17, 15) is 27.6 Å². The number of carbonyl (C=O) groups excluding carboxylic acids is 4. The Morgan fingerprint density at radius 2 is 0.820 bits per heavy atom. The third kappa shape index (κ3) is 14.8. The summed E-state index contributed by atoms with van der Waals surface area (Å²) in [5.74, 6) is -3.06. The van der Waals surface area contributed by atoms with Crippen molar-refractivity contribution >= 4 is 75.8 Å². The average molecular weight is 1580 g/mol. The molecule has 9 atom stereocenters. The monoisotopic (exact) mass is 1580 g/mol. The number of fused-ring (bicyclic) bond motifs is 3. The standard InChI is InChI=1S/C32H38FN5O4S.C26H29FN6O2S.C23H33FN4O3S/c1-19-12-20(16-34)17-35-27(19)23(39)13-21-8-9-22(33)28(37-21)31(7)25-15-32(10-11-32)18-36-43(25,41)30(5,6)24(38-31)14-26(40)42-29(2,3)4;1-15-9-16(12-28)13-30-21(15)19(34)10-17-5-6-18(27)22(32-17)25(4)20-11-26(7-8-26)14-31-36(20,35)24(2,3)23(29)33-25;1-20(2,3)31-18(29)11-15-21(4,5)32(30)16(12-23(9-10-23)13-26-32)22(6,28-15)19-14(24)7-8-17(25)27-19/h8-9,12,17,25H,10-11,13-15,18H2,1-7H3;5-6,9,13,20H,7-8,10-11,14H2,1-4H3,(H2,29,33);7-8,16H,9-13H2,1-6H3,(H2,25,27)/t25-,31+,43-;20-,25+,36-;16-,22+,32-/m111/s1. The van der Waals surface area contributed by atoms with Crippen molar-refractivity contribution in [2.24, 2.45) is 50.0 Å². The molecule has 3 spiro atoms. The van der Waals surface area contributed by atoms with Crippen LogP contribution in [0.5, 0.6) is 0 Å². The molecule has 111 heavy (non-hydrogen) atoms. The van der Waals surface area contributed by atoms with Crippen LogP contribution in [0.2, 0.25) is 0 Å². The van der Waals surface area contributed by atoms with Gasteiger partial charge in [-0.25, -0.2) is 43.9 Å². The average Bonchev–Trinajstić information content (AvgIpc) is 1.69. The Hall–Kier alpha value is -8.74. The molecule has 14 rings (SSSR count). The van der Waals surface area contributed by atoms with E-state index in [4.69, 9.17) is 59.5 Å². The SMILES string of the molecule is CC(C)(C)OC(=O)CC1=N[C@](C)(c2nc(N)ccc2F)[C@H]2CC3(CC3)CN=[S@]2(=O)C1(C)C.Cc1cc(C#N)cnc1C(=O)Cc1ccc(F)c([C@@]2(C)N=C(CC(=O)OC(C)(C)C)C(C)(C)[S@@]3(=O)=NCC4(CC4)C[C@H]23)n1.Cc1cc(C#N)cnc1C(=O)Cc1ccc(F)c([C@@]2(C)N=C(N)C(C)(C)[S@@]3(=O)=NCC4(CC4)C[C@H]23)n1. The van der Waals surface area contributed by atoms with Crippen LogP contribution in [0.3, 0.4) is 0 Å². The van der Waals surface area contributed by atoms with E-state index in [-0.39, 0.29) is 93.6 Å². The van der Waals surface area contributed by atoms with E-state index in [2.05, 4.69) is 24.9 Å². The van der Waals surface area contributed by atoms with Crippen LogP contribution in [0.15, 0.2) is 89.0 Å². The number of esters is 2. The first-order valence-electron chi connectivity index (χ1n) is 37.6. The number of ether oxygens (including phenoxy) is 2. The maximum Gasteiger partial charge on any atom is 0.312 e. The fraction of sp³-hybridized carbons (Fsp3) is 0.580. The number of aliphatic imine (C=N–C) groups is 3. The molecule has 9 aliphatic rings. The highest BCUT2D eigenvalue weighted by molar-refractivity contribution is 7.97. The lowest BCUT2D eigenvalue weighted by atomic mass is 9.84. The number of pyridine rings is 5. The molecule has 24 nitrogen and oxygen atoms in total. The summed E-state index contributed by atoms with van der Waals surface area (Å²) in [6.45, 7) is 31.6. The Kier molecular flexibility index (Phi) is 20.5. The summed E-state index contributed by atoms with van der Waals surface area (Å²) >= 11 is 0. The molecule has 0 amide bonds. The number of Topliss-reactive ketones (excluding diaryl/α,β-unsaturated/α-hetero) is 2. The first-order chi connectivity index (χ1) is 51.4. The molecule has 0 saturated heterocycles. The number of nitriles is 2. The third-order valence-corrected chi connectivity index (χ3v) is 34.8. The Labute approximate surface area is 649 Å². The fourth-order valence-corrected chi connectivity index (χ4v) is 26.9. The lowest BCUT2D eigenvalue weighted by molar-refractivity contribution is -0.154. The van der Waals surface area contributed by atoms with Gasteiger partial charge in [0.15, 0.2) is 11.6 Å². The van der Waals surface area contributed by atoms with Gasteiger partial charge in [0.05, 0.1) is 111 Å². The van der Waals surface area contributed by atoms with Gasteiger partial charge in [-0.3, -0.25) is 54.1 Å². The minimum atomic E-state index is -3.07. The predicted molar refractivity (Wildman–Crippen MR) is 419 cm³/mol. The first kappa shape index (κ1) is 81.7. The number of amidine groups is 1. The van der Waals surface area contributed by atoms with Gasteiger partial charge in [-0.15, -0.1) is 0 Å². The molecule has 0 radical (unpaired) electrons. The summed E-state index contributed by atoms with van der Waals surface area (Å²) in [7, 11) is -8.89. The van der Waals surface area contributed by atoms with E-state index in [1.54, 1.807) is 116 Å². The van der Waals surface area contributed by atoms with Gasteiger partial charge in [0, 0.05) is 35.2 Å². The van der Waals surface area contributed by atoms with Gasteiger partial charge < -0.3 is 20.9 Å². The summed E-state index contributed by atoms with van der Waals surface area (Å²) < 4.78 is 113. The topological polar surface area (TPSA) is 376 Å². The van der Waals surface area contributed by atoms with Crippen LogP contribution in [0.25, 0.3) is 0 Å². The van der Waals surface area contributed by atoms with Gasteiger partial charge >= 0.3 is 11.9 Å². The van der Waals surface area contributed by atoms with Crippen LogP contribution in [-0.2, 0) is 77.7 Å². The van der Waals surface area contributed by atoms with Gasteiger partial charge in [-0.1, -0.05) is 0 Å². The maximum absolute atomic E-state index is 15.8. The summed E-state index contributed by atoms with van der Waals surface area (Å²) in [6, 6.07) is 15.3. The van der Waals surface area contributed by atoms with Crippen LogP contribution in [0.4, 0.5) is 19.0 Å². The lowest BCUT2D eigenvalue weighted by Crippen LogP contribution is -2.61. The summed E-state index contributed by atoms with van der Waals surface area (Å²) in [4.78, 5) is 88.5. The summed E-state index contributed by atoms with van der Waals surface area (Å²) in [5.41, 5.74) is 10.6. The van der Waals surface area contributed by atoms with E-state index in [1.807, 2.05) is 26.0 Å². The number of anilines is 1. The number of aryl methyl sites for hydroxylation is 2. The number of nitrogens with two attached hydrogens (primary N) is 2. The number of ketones is 2. The van der Waals surface area contributed by atoms with Crippen molar-refractivity contribution in [1.29, 1.82) is 10.5 Å². The van der Waals surface area contributed by atoms with Crippen LogP contribution in [-0.4, -0.2) is 139 Å². The minimum absolute atomic E-state index is 0.00657. The number of rotatable bonds is 13. The molecular formula is C81H100F3N15O9S3. The molecule has 11 heterocycles. The molecule has 3 fully saturated rings. The number of carbonyl (C=O) groups is 4. The third-order valence-electron chi connectivity index (χ3n) is 24.0. The predicted octanol–water partition coefficient (Wildman–Crippen LogP) is 13.0. The van der Waals surface area contributed by atoms with E-state index in [0.717, 1.165) is 38.5 Å². The molecule has 3 aliphatic carbocycles. The van der Waals surface area contributed by atoms with Gasteiger partial charge in [0.25, 0.3) is 0 Å². The molecule has 6 aliphatic heterocycles. The van der Waals surface area contributed by atoms with Crippen molar-refractivity contribution in [2.45, 2.75) is 259 Å². The van der Waals surface area contributed by atoms with Crippen molar-refractivity contribution < 1.29 is 54.4 Å². The minimum Gasteiger partial charge on any atom is -0.460 e. The van der Waals surface area contributed by atoms with Gasteiger partial charge in [-0.05, 0) is 251 Å². The number of hydrogen-bond acceptors (Lipinski definition) is 24. The normalized spacial score (nSPS) is 29.3. The van der Waals surface area contributed by atoms with E-state index in [1.165, 1.54) is 48.8 Å². The largest absolute Gasteiger partial charge is 0.460 e. The van der Waals surface area contributed by atoms with E-state index < -0.39 is 116 Å². The van der Waals surface area contributed by atoms with Crippen molar-refractivity contribution in [3.8, 4) is 12.1 Å². The zero-order chi connectivity index (χ0) is 81.4. The molecule has 0 aromatic carbocycles. The Balaban J connectivity index is 0.000000156. The van der Waals surface area contributed by atoms with Crippen LogP contribution >= 0.6 is 0 Å². The second-order valence-electron chi connectivity index (χ2n) is 35.8. The number of aromatic nitrogens is 5. The number of nitrogens with zero attached hydrogens (tertiary/aromatic N) is 13. The fourth-order valence-electron chi connectivity index (χ4n) is 16.5. The van der Waals surface area contributed by atoms with Gasteiger partial charge in [-0.2, -0.15) is 10.5 Å². The second-order valence-corrected chi connectivity index (χ2v) is 44.8. The molecule has 0 unspecified atom stereocenters. The molecule has 0 bridgehead atoms. The number of hydrogen-bond donors (Lipinski definition) is 2. The number of nitrogen functional groups attached to an aromatic ring is 1. The van der Waals surface area contributed by atoms with E-state index in [0.29, 0.717) is 84.0 Å². The smallest absolute Gasteiger partial charge is 0.312 e. The van der Waals surface area contributed by atoms with Crippen molar-refractivity contribution in [3.63, 3.8) is 0 Å². The molecule has 5 aromatic rings. The van der Waals surface area contributed by atoms with Gasteiger partial charge in [0.2, 0.25) is 0 Å². The van der Waals surface area contributed by atoms with Crippen LogP contribution in [0.1, 0.15) is 246 Å². The first-order valence-corrected chi connectivity index (χ1v) is 42.3. The van der Waals surface area contributed by atoms with Crippen LogP contribution < -0.4 is 11.5 Å². The zero-order valence-corrected chi connectivity index (χ0v) is 68.8. The van der Waals surface area contributed by atoms with E-state index >= 15 is 17.4 Å². The Bertz CT molecular complexity index is 5380. The number of halogens is 3. The summed E-state index contributed by atoms with van der Waals surface area (Å²) in [5, 5.41) is 16.4. The zero-order valence-electron chi connectivity index (χ0n) is 66.3. The van der Waals surface area contributed by atoms with Crippen LogP contribution in [0, 0.1) is 70.2 Å². The molecule has 30 heteroatoms. The van der Waals surface area contributed by atoms with Crippen molar-refractivity contribution in [1.82, 2.24) is 24.9 Å².